The number of hydrogen-bond acceptors (Lipinski definition) is 2. The van der Waals surface area contributed by atoms with E-state index in [2.05, 4.69) is 10.3 Å². The molecule has 0 saturated carbocycles. The van der Waals surface area contributed by atoms with E-state index in [-0.39, 0.29) is 18.3 Å². The second kappa shape index (κ2) is 7.79. The summed E-state index contributed by atoms with van der Waals surface area (Å²) in [4.78, 5) is 15.1. The first kappa shape index (κ1) is 18.3. The molecule has 2 aromatic carbocycles. The van der Waals surface area contributed by atoms with E-state index in [0.29, 0.717) is 29.3 Å². The maximum Gasteiger partial charge on any atom is 0.257 e. The Kier molecular flexibility index (Phi) is 5.47. The number of benzene rings is 2. The van der Waals surface area contributed by atoms with Crippen molar-refractivity contribution >= 4 is 28.4 Å². The highest BCUT2D eigenvalue weighted by Gasteiger charge is 2.14. The van der Waals surface area contributed by atoms with Crippen LogP contribution in [0.15, 0.2) is 36.4 Å². The number of amides is 1. The van der Waals surface area contributed by atoms with Crippen LogP contribution >= 0.6 is 11.6 Å². The van der Waals surface area contributed by atoms with Gasteiger partial charge in [0.2, 0.25) is 0 Å². The third-order valence-electron chi connectivity index (χ3n) is 4.32. The molecule has 0 saturated heterocycles. The molecule has 0 aliphatic rings. The number of H-pyrrole nitrogens is 1. The Bertz CT molecular complexity index is 952. The van der Waals surface area contributed by atoms with Crippen LogP contribution in [0.2, 0.25) is 5.02 Å². The van der Waals surface area contributed by atoms with Gasteiger partial charge in [-0.3, -0.25) is 4.79 Å². The van der Waals surface area contributed by atoms with E-state index in [1.54, 1.807) is 30.3 Å². The molecule has 0 unspecified atom stereocenters. The number of aromatic nitrogens is 1. The molecule has 6 heteroatoms. The molecule has 4 nitrogen and oxygen atoms in total. The van der Waals surface area contributed by atoms with Crippen molar-refractivity contribution in [3.05, 3.63) is 64.1 Å². The van der Waals surface area contributed by atoms with Crippen molar-refractivity contribution in [1.29, 1.82) is 0 Å². The fraction of sp³-hybridized carbons (Fsp3) is 0.250. The predicted molar refractivity (Wildman–Crippen MR) is 101 cm³/mol. The molecule has 2 N–H and O–H groups in total. The summed E-state index contributed by atoms with van der Waals surface area (Å²) in [5.74, 6) is -0.0228. The van der Waals surface area contributed by atoms with E-state index in [1.807, 2.05) is 13.8 Å². The molecule has 3 rings (SSSR count). The summed E-state index contributed by atoms with van der Waals surface area (Å²) in [7, 11) is 0. The second-order valence-corrected chi connectivity index (χ2v) is 6.57. The minimum absolute atomic E-state index is 0.107. The highest BCUT2D eigenvalue weighted by molar-refractivity contribution is 6.32. The zero-order valence-corrected chi connectivity index (χ0v) is 15.4. The Hall–Kier alpha value is -2.53. The minimum Gasteiger partial charge on any atom is -0.482 e. The fourth-order valence-electron chi connectivity index (χ4n) is 3.04. The van der Waals surface area contributed by atoms with E-state index in [0.717, 1.165) is 22.2 Å². The summed E-state index contributed by atoms with van der Waals surface area (Å²) in [6, 6.07) is 10.2. The third-order valence-corrected chi connectivity index (χ3v) is 4.63. The molecule has 0 atom stereocenters. The van der Waals surface area contributed by atoms with Gasteiger partial charge in [-0.05, 0) is 49.6 Å². The average molecular weight is 375 g/mol. The maximum atomic E-state index is 14.0. The zero-order valence-electron chi connectivity index (χ0n) is 14.7. The van der Waals surface area contributed by atoms with Crippen molar-refractivity contribution < 1.29 is 13.9 Å². The number of carbonyl (C=O) groups is 1. The van der Waals surface area contributed by atoms with Crippen LogP contribution in [0.1, 0.15) is 16.8 Å². The molecule has 0 aliphatic heterocycles. The van der Waals surface area contributed by atoms with E-state index in [4.69, 9.17) is 16.3 Å². The molecule has 0 bridgehead atoms. The molecule has 0 spiro atoms. The average Bonchev–Trinajstić information content (AvgIpc) is 2.95. The molecule has 3 aromatic rings. The Morgan fingerprint density at radius 2 is 2.00 bits per heavy atom. The van der Waals surface area contributed by atoms with Gasteiger partial charge in [0.15, 0.2) is 6.61 Å². The van der Waals surface area contributed by atoms with Crippen molar-refractivity contribution in [2.24, 2.45) is 0 Å². The Morgan fingerprint density at radius 3 is 2.77 bits per heavy atom. The van der Waals surface area contributed by atoms with E-state index in [1.165, 1.54) is 6.07 Å². The van der Waals surface area contributed by atoms with Crippen molar-refractivity contribution in [1.82, 2.24) is 10.3 Å². The monoisotopic (exact) mass is 374 g/mol. The topological polar surface area (TPSA) is 54.1 Å². The van der Waals surface area contributed by atoms with Crippen molar-refractivity contribution in [3.8, 4) is 5.75 Å². The highest BCUT2D eigenvalue weighted by Crippen LogP contribution is 2.27. The largest absolute Gasteiger partial charge is 0.482 e. The molecule has 0 radical (unpaired) electrons. The van der Waals surface area contributed by atoms with E-state index >= 15 is 0 Å². The molecule has 26 heavy (non-hydrogen) atoms. The summed E-state index contributed by atoms with van der Waals surface area (Å²) in [6.45, 7) is 4.20. The van der Waals surface area contributed by atoms with Gasteiger partial charge in [0.25, 0.3) is 5.91 Å². The van der Waals surface area contributed by atoms with Gasteiger partial charge < -0.3 is 15.0 Å². The molecule has 1 amide bonds. The maximum absolute atomic E-state index is 14.0. The molecular formula is C20H20ClFN2O2. The van der Waals surface area contributed by atoms with Gasteiger partial charge >= 0.3 is 0 Å². The number of hydrogen-bond donors (Lipinski definition) is 2. The molecule has 1 aromatic heterocycles. The fourth-order valence-corrected chi connectivity index (χ4v) is 3.23. The highest BCUT2D eigenvalue weighted by atomic mass is 35.5. The van der Waals surface area contributed by atoms with Crippen molar-refractivity contribution in [3.63, 3.8) is 0 Å². The van der Waals surface area contributed by atoms with E-state index < -0.39 is 0 Å². The van der Waals surface area contributed by atoms with Crippen LogP contribution in [0.3, 0.4) is 0 Å². The van der Waals surface area contributed by atoms with Crippen LogP contribution in [0.5, 0.6) is 5.75 Å². The number of aryl methyl sites for hydroxylation is 2. The first-order valence-corrected chi connectivity index (χ1v) is 8.75. The molecular weight excluding hydrogens is 355 g/mol. The van der Waals surface area contributed by atoms with Crippen LogP contribution in [0, 0.1) is 19.7 Å². The van der Waals surface area contributed by atoms with Gasteiger partial charge in [-0.15, -0.1) is 0 Å². The minimum atomic E-state index is -0.267. The lowest BCUT2D eigenvalue weighted by Gasteiger charge is -2.09. The van der Waals surface area contributed by atoms with Gasteiger partial charge in [0.05, 0.1) is 10.5 Å². The summed E-state index contributed by atoms with van der Waals surface area (Å²) in [5.41, 5.74) is 3.46. The molecule has 136 valence electrons. The van der Waals surface area contributed by atoms with Crippen LogP contribution in [0.4, 0.5) is 4.39 Å². The second-order valence-electron chi connectivity index (χ2n) is 6.16. The number of nitrogens with one attached hydrogen (secondary N) is 2. The molecule has 0 fully saturated rings. The molecule has 1 heterocycles. The smallest absolute Gasteiger partial charge is 0.257 e. The van der Waals surface area contributed by atoms with Gasteiger partial charge in [-0.25, -0.2) is 4.39 Å². The van der Waals surface area contributed by atoms with Gasteiger partial charge in [-0.2, -0.15) is 0 Å². The lowest BCUT2D eigenvalue weighted by Crippen LogP contribution is -2.30. The first-order chi connectivity index (χ1) is 12.5. The summed E-state index contributed by atoms with van der Waals surface area (Å²) in [5, 5.41) is 4.18. The van der Waals surface area contributed by atoms with Crippen LogP contribution in [-0.2, 0) is 11.2 Å². The van der Waals surface area contributed by atoms with Crippen molar-refractivity contribution in [2.45, 2.75) is 20.3 Å². The summed E-state index contributed by atoms with van der Waals surface area (Å²) < 4.78 is 19.4. The van der Waals surface area contributed by atoms with Crippen LogP contribution < -0.4 is 10.1 Å². The Morgan fingerprint density at radius 1 is 1.23 bits per heavy atom. The Labute approximate surface area is 156 Å². The van der Waals surface area contributed by atoms with Crippen LogP contribution in [-0.4, -0.2) is 24.0 Å². The number of para-hydroxylation sites is 1. The number of halogens is 2. The molecule has 0 aliphatic carbocycles. The van der Waals surface area contributed by atoms with Gasteiger partial charge in [-0.1, -0.05) is 29.8 Å². The van der Waals surface area contributed by atoms with E-state index in [9.17, 15) is 9.18 Å². The number of ether oxygens (including phenoxy) is 1. The quantitative estimate of drug-likeness (QED) is 0.675. The van der Waals surface area contributed by atoms with Crippen LogP contribution in [0.25, 0.3) is 10.9 Å². The van der Waals surface area contributed by atoms with Gasteiger partial charge in [0.1, 0.15) is 11.6 Å². The lowest BCUT2D eigenvalue weighted by molar-refractivity contribution is -0.123. The SMILES string of the molecule is Cc1[nH]c2c(F)ccc(C)c2c1CCNC(=O)COc1ccccc1Cl. The van der Waals surface area contributed by atoms with Gasteiger partial charge in [0, 0.05) is 17.6 Å². The number of fused-ring (bicyclic) bond motifs is 1. The predicted octanol–water partition coefficient (Wildman–Crippen LogP) is 4.31. The van der Waals surface area contributed by atoms with Crippen molar-refractivity contribution in [2.75, 3.05) is 13.2 Å². The number of aromatic amines is 1. The normalized spacial score (nSPS) is 10.9. The lowest BCUT2D eigenvalue weighted by atomic mass is 10.0. The number of carbonyl (C=O) groups excluding carboxylic acids is 1. The zero-order chi connectivity index (χ0) is 18.7. The first-order valence-electron chi connectivity index (χ1n) is 8.37. The Balaban J connectivity index is 1.59. The summed E-state index contributed by atoms with van der Waals surface area (Å²) >= 11 is 5.99. The number of rotatable bonds is 6. The summed E-state index contributed by atoms with van der Waals surface area (Å²) in [6.07, 6.45) is 0.605. The standard InChI is InChI=1S/C20H20ClFN2O2/c1-12-7-8-16(22)20-19(12)14(13(2)24-20)9-10-23-18(25)11-26-17-6-4-3-5-15(17)21/h3-8,24H,9-11H2,1-2H3,(H,23,25). The third kappa shape index (κ3) is 3.83.